The first kappa shape index (κ1) is 26.1. The first-order valence-electron chi connectivity index (χ1n) is 9.28. The predicted molar refractivity (Wildman–Crippen MR) is 121 cm³/mol. The average Bonchev–Trinajstić information content (AvgIpc) is 3.02. The van der Waals surface area contributed by atoms with Gasteiger partial charge in [-0.05, 0) is 41.3 Å². The summed E-state index contributed by atoms with van der Waals surface area (Å²) in [6, 6.07) is 0. The van der Waals surface area contributed by atoms with Gasteiger partial charge in [0.2, 0.25) is 0 Å². The highest BCUT2D eigenvalue weighted by Crippen LogP contribution is 2.19. The number of hydrogen-bond donors (Lipinski definition) is 3. The second-order valence-corrected chi connectivity index (χ2v) is 6.92. The Kier molecular flexibility index (Phi) is 12.8. The zero-order valence-corrected chi connectivity index (χ0v) is 19.9. The van der Waals surface area contributed by atoms with Crippen molar-refractivity contribution in [1.29, 1.82) is 0 Å². The Morgan fingerprint density at radius 2 is 2.11 bits per heavy atom. The molecule has 9 heteroatoms. The first-order valence-corrected chi connectivity index (χ1v) is 9.28. The third kappa shape index (κ3) is 10.3. The minimum absolute atomic E-state index is 0. The minimum atomic E-state index is -1.07. The summed E-state index contributed by atoms with van der Waals surface area (Å²) < 4.78 is 7.48. The highest BCUT2D eigenvalue weighted by molar-refractivity contribution is 14.0. The molecule has 0 spiro atoms. The Morgan fingerprint density at radius 3 is 2.63 bits per heavy atom. The molecule has 1 heterocycles. The molecule has 0 aliphatic rings. The van der Waals surface area contributed by atoms with Gasteiger partial charge in [0.05, 0.1) is 18.8 Å². The van der Waals surface area contributed by atoms with Gasteiger partial charge in [-0.15, -0.1) is 24.0 Å². The maximum atomic E-state index is 10.7. The van der Waals surface area contributed by atoms with Crippen LogP contribution in [0, 0.1) is 0 Å². The molecule has 27 heavy (non-hydrogen) atoms. The predicted octanol–water partition coefficient (Wildman–Crippen LogP) is 1.16. The molecule has 2 unspecified atom stereocenters. The molecule has 0 fully saturated rings. The normalized spacial score (nSPS) is 15.2. The van der Waals surface area contributed by atoms with Crippen molar-refractivity contribution in [2.24, 2.45) is 12.0 Å². The molecular formula is C18H37IN6O2. The number of aryl methyl sites for hydroxylation is 1. The molecule has 1 aromatic heterocycles. The van der Waals surface area contributed by atoms with Crippen molar-refractivity contribution < 1.29 is 9.84 Å². The van der Waals surface area contributed by atoms with E-state index >= 15 is 0 Å². The van der Waals surface area contributed by atoms with E-state index in [1.54, 1.807) is 17.8 Å². The van der Waals surface area contributed by atoms with Crippen LogP contribution in [0.2, 0.25) is 0 Å². The van der Waals surface area contributed by atoms with Crippen molar-refractivity contribution in [2.75, 3.05) is 46.9 Å². The van der Waals surface area contributed by atoms with Gasteiger partial charge in [-0.25, -0.2) is 4.99 Å². The van der Waals surface area contributed by atoms with E-state index < -0.39 is 5.60 Å². The lowest BCUT2D eigenvalue weighted by molar-refractivity contribution is 0.0546. The summed E-state index contributed by atoms with van der Waals surface area (Å²) in [7, 11) is 5.95. The zero-order chi connectivity index (χ0) is 19.6. The van der Waals surface area contributed by atoms with E-state index in [1.165, 1.54) is 0 Å². The highest BCUT2D eigenvalue weighted by atomic mass is 127. The summed E-state index contributed by atoms with van der Waals surface area (Å²) in [6.45, 7) is 9.08. The lowest BCUT2D eigenvalue weighted by Crippen LogP contribution is -2.43. The summed E-state index contributed by atoms with van der Waals surface area (Å²) in [6.07, 6.45) is 4.54. The Morgan fingerprint density at radius 1 is 1.41 bits per heavy atom. The Hall–Kier alpha value is -0.910. The Bertz CT molecular complexity index is 548. The number of guanidine groups is 1. The number of nitrogens with zero attached hydrogens (tertiary/aromatic N) is 4. The number of halogens is 1. The van der Waals surface area contributed by atoms with Crippen LogP contribution >= 0.6 is 24.0 Å². The van der Waals surface area contributed by atoms with E-state index in [2.05, 4.69) is 39.7 Å². The van der Waals surface area contributed by atoms with Crippen LogP contribution in [0.3, 0.4) is 0 Å². The van der Waals surface area contributed by atoms with Crippen LogP contribution < -0.4 is 10.6 Å². The quantitative estimate of drug-likeness (QED) is 0.242. The van der Waals surface area contributed by atoms with Crippen LogP contribution in [-0.2, 0) is 17.4 Å². The molecule has 0 saturated carbocycles. The molecule has 0 saturated heterocycles. The van der Waals surface area contributed by atoms with Crippen LogP contribution in [0.15, 0.2) is 17.4 Å². The number of rotatable bonds is 11. The molecule has 0 radical (unpaired) electrons. The molecule has 158 valence electrons. The van der Waals surface area contributed by atoms with E-state index in [4.69, 9.17) is 4.74 Å². The SMILES string of the molecule is CCNC(=NCC(C)(O)c1cnn(C)c1)NCC(CCN(C)C)OCC.I. The fourth-order valence-electron chi connectivity index (χ4n) is 2.46. The van der Waals surface area contributed by atoms with Gasteiger partial charge in [0.15, 0.2) is 5.96 Å². The zero-order valence-electron chi connectivity index (χ0n) is 17.5. The summed E-state index contributed by atoms with van der Waals surface area (Å²) in [4.78, 5) is 6.69. The van der Waals surface area contributed by atoms with Crippen molar-refractivity contribution in [3.63, 3.8) is 0 Å². The third-order valence-corrected chi connectivity index (χ3v) is 4.01. The first-order chi connectivity index (χ1) is 12.3. The van der Waals surface area contributed by atoms with E-state index in [0.29, 0.717) is 19.1 Å². The summed E-state index contributed by atoms with van der Waals surface area (Å²) in [5.41, 5.74) is -0.321. The van der Waals surface area contributed by atoms with Crippen LogP contribution in [0.4, 0.5) is 0 Å². The summed E-state index contributed by atoms with van der Waals surface area (Å²) in [5, 5.41) is 21.3. The van der Waals surface area contributed by atoms with Crippen LogP contribution in [0.1, 0.15) is 32.8 Å². The van der Waals surface area contributed by atoms with Gasteiger partial charge in [-0.2, -0.15) is 5.10 Å². The van der Waals surface area contributed by atoms with Gasteiger partial charge in [-0.1, -0.05) is 0 Å². The maximum Gasteiger partial charge on any atom is 0.191 e. The Labute approximate surface area is 180 Å². The molecule has 1 rings (SSSR count). The van der Waals surface area contributed by atoms with Crippen molar-refractivity contribution >= 4 is 29.9 Å². The number of ether oxygens (including phenoxy) is 1. The van der Waals surface area contributed by atoms with Gasteiger partial charge in [0, 0.05) is 45.0 Å². The molecule has 3 N–H and O–H groups in total. The van der Waals surface area contributed by atoms with Gasteiger partial charge < -0.3 is 25.4 Å². The van der Waals surface area contributed by atoms with E-state index in [-0.39, 0.29) is 36.6 Å². The second-order valence-electron chi connectivity index (χ2n) is 6.92. The van der Waals surface area contributed by atoms with Crippen molar-refractivity contribution in [2.45, 2.75) is 38.9 Å². The lowest BCUT2D eigenvalue weighted by Gasteiger charge is -2.23. The van der Waals surface area contributed by atoms with E-state index in [9.17, 15) is 5.11 Å². The van der Waals surface area contributed by atoms with Gasteiger partial charge in [0.25, 0.3) is 0 Å². The van der Waals surface area contributed by atoms with Crippen LogP contribution in [-0.4, -0.2) is 78.7 Å². The van der Waals surface area contributed by atoms with Crippen molar-refractivity contribution in [3.05, 3.63) is 18.0 Å². The topological polar surface area (TPSA) is 86.9 Å². The summed E-state index contributed by atoms with van der Waals surface area (Å²) in [5.74, 6) is 0.672. The van der Waals surface area contributed by atoms with Crippen LogP contribution in [0.25, 0.3) is 0 Å². The maximum absolute atomic E-state index is 10.7. The molecule has 0 aliphatic heterocycles. The third-order valence-electron chi connectivity index (χ3n) is 4.01. The second kappa shape index (κ2) is 13.3. The van der Waals surface area contributed by atoms with Gasteiger partial charge in [-0.3, -0.25) is 4.68 Å². The largest absolute Gasteiger partial charge is 0.383 e. The summed E-state index contributed by atoms with van der Waals surface area (Å²) >= 11 is 0. The molecular weight excluding hydrogens is 459 g/mol. The van der Waals surface area contributed by atoms with Crippen molar-refractivity contribution in [1.82, 2.24) is 25.3 Å². The number of nitrogens with one attached hydrogen (secondary N) is 2. The van der Waals surface area contributed by atoms with E-state index in [1.807, 2.05) is 27.1 Å². The lowest BCUT2D eigenvalue weighted by atomic mass is 10.0. The highest BCUT2D eigenvalue weighted by Gasteiger charge is 2.24. The molecule has 0 aliphatic carbocycles. The fraction of sp³-hybridized carbons (Fsp3) is 0.778. The van der Waals surface area contributed by atoms with E-state index in [0.717, 1.165) is 25.1 Å². The molecule has 1 aromatic rings. The van der Waals surface area contributed by atoms with Crippen LogP contribution in [0.5, 0.6) is 0 Å². The number of hydrogen-bond acceptors (Lipinski definition) is 5. The monoisotopic (exact) mass is 496 g/mol. The molecule has 0 amide bonds. The molecule has 2 atom stereocenters. The van der Waals surface area contributed by atoms with Gasteiger partial charge >= 0.3 is 0 Å². The molecule has 0 bridgehead atoms. The number of aromatic nitrogens is 2. The smallest absolute Gasteiger partial charge is 0.191 e. The molecule has 8 nitrogen and oxygen atoms in total. The Balaban J connectivity index is 0.00000676. The fourth-order valence-corrected chi connectivity index (χ4v) is 2.46. The number of aliphatic hydroxyl groups is 1. The standard InChI is InChI=1S/C18H36N6O2.HI/c1-7-19-17(20-12-16(26-8-2)9-10-23(4)5)21-14-18(3,25)15-11-22-24(6)13-15;/h11,13,16,25H,7-10,12,14H2,1-6H3,(H2,19,20,21);1H. The van der Waals surface area contributed by atoms with Crippen molar-refractivity contribution in [3.8, 4) is 0 Å². The molecule has 0 aromatic carbocycles. The minimum Gasteiger partial charge on any atom is -0.383 e. The van der Waals surface area contributed by atoms with Gasteiger partial charge in [0.1, 0.15) is 5.60 Å². The number of aliphatic imine (C=N–C) groups is 1. The average molecular weight is 496 g/mol.